The summed E-state index contributed by atoms with van der Waals surface area (Å²) in [6.07, 6.45) is 0. The van der Waals surface area contributed by atoms with Crippen molar-refractivity contribution < 1.29 is 9.84 Å². The summed E-state index contributed by atoms with van der Waals surface area (Å²) in [5.41, 5.74) is 0.287. The second kappa shape index (κ2) is 3.56. The van der Waals surface area contributed by atoms with Crippen LogP contribution in [0, 0.1) is 6.92 Å². The van der Waals surface area contributed by atoms with Crippen LogP contribution in [-0.2, 0) is 10.3 Å². The number of aliphatic hydroxyl groups is 1. The third-order valence-electron chi connectivity index (χ3n) is 1.78. The van der Waals surface area contributed by atoms with Crippen LogP contribution >= 0.6 is 11.3 Å². The molecule has 1 heterocycles. The lowest BCUT2D eigenvalue weighted by Crippen LogP contribution is -2.26. The molecule has 0 saturated heterocycles. The Morgan fingerprint density at radius 2 is 2.33 bits per heavy atom. The zero-order chi connectivity index (χ0) is 9.19. The van der Waals surface area contributed by atoms with Crippen LogP contribution in [0.2, 0.25) is 0 Å². The summed E-state index contributed by atoms with van der Waals surface area (Å²) in [6.45, 7) is 4.11. The Morgan fingerprint density at radius 3 is 2.75 bits per heavy atom. The van der Waals surface area contributed by atoms with Crippen LogP contribution in [0.1, 0.15) is 17.4 Å². The van der Waals surface area contributed by atoms with Crippen LogP contribution in [0.15, 0.2) is 11.4 Å². The quantitative estimate of drug-likeness (QED) is 0.781. The molecule has 0 aliphatic carbocycles. The largest absolute Gasteiger partial charge is 0.382 e. The van der Waals surface area contributed by atoms with Gasteiger partial charge in [0.2, 0.25) is 0 Å². The molecule has 1 N–H and O–H groups in total. The zero-order valence-corrected chi connectivity index (χ0v) is 8.44. The number of thiophene rings is 1. The second-order valence-electron chi connectivity index (χ2n) is 3.14. The van der Waals surface area contributed by atoms with E-state index in [1.807, 2.05) is 18.4 Å². The molecule has 0 aromatic carbocycles. The van der Waals surface area contributed by atoms with E-state index < -0.39 is 5.60 Å². The van der Waals surface area contributed by atoms with Gasteiger partial charge in [-0.05, 0) is 30.9 Å². The lowest BCUT2D eigenvalue weighted by Gasteiger charge is -2.21. The van der Waals surface area contributed by atoms with Gasteiger partial charge in [-0.2, -0.15) is 0 Å². The maximum Gasteiger partial charge on any atom is 0.119 e. The number of hydrogen-bond donors (Lipinski definition) is 1. The number of methoxy groups -OCH3 is 1. The Morgan fingerprint density at radius 1 is 1.67 bits per heavy atom. The molecule has 0 spiro atoms. The molecule has 68 valence electrons. The SMILES string of the molecule is COCC(C)(O)c1sccc1C. The van der Waals surface area contributed by atoms with Crippen LogP contribution in [-0.4, -0.2) is 18.8 Å². The van der Waals surface area contributed by atoms with E-state index in [9.17, 15) is 5.11 Å². The Hall–Kier alpha value is -0.380. The van der Waals surface area contributed by atoms with Crippen LogP contribution in [0.5, 0.6) is 0 Å². The van der Waals surface area contributed by atoms with Crippen molar-refractivity contribution in [3.63, 3.8) is 0 Å². The summed E-state index contributed by atoms with van der Waals surface area (Å²) in [5.74, 6) is 0. The molecule has 1 unspecified atom stereocenters. The van der Waals surface area contributed by atoms with Crippen LogP contribution in [0.3, 0.4) is 0 Å². The molecule has 0 aliphatic heterocycles. The van der Waals surface area contributed by atoms with Gasteiger partial charge in [-0.1, -0.05) is 0 Å². The van der Waals surface area contributed by atoms with Crippen LogP contribution in [0.4, 0.5) is 0 Å². The minimum atomic E-state index is -0.840. The van der Waals surface area contributed by atoms with Crippen molar-refractivity contribution in [2.75, 3.05) is 13.7 Å². The molecule has 0 radical (unpaired) electrons. The van der Waals surface area contributed by atoms with Crippen molar-refractivity contribution in [2.45, 2.75) is 19.4 Å². The normalized spacial score (nSPS) is 16.0. The van der Waals surface area contributed by atoms with Gasteiger partial charge >= 0.3 is 0 Å². The van der Waals surface area contributed by atoms with E-state index in [0.29, 0.717) is 6.61 Å². The van der Waals surface area contributed by atoms with E-state index in [-0.39, 0.29) is 0 Å². The lowest BCUT2D eigenvalue weighted by molar-refractivity contribution is -0.0184. The van der Waals surface area contributed by atoms with Gasteiger partial charge in [0.15, 0.2) is 0 Å². The smallest absolute Gasteiger partial charge is 0.119 e. The fourth-order valence-electron chi connectivity index (χ4n) is 1.27. The van der Waals surface area contributed by atoms with Gasteiger partial charge in [0, 0.05) is 12.0 Å². The Labute approximate surface area is 76.8 Å². The van der Waals surface area contributed by atoms with Crippen LogP contribution < -0.4 is 0 Å². The fraction of sp³-hybridized carbons (Fsp3) is 0.556. The first-order valence-corrected chi connectivity index (χ1v) is 4.72. The molecule has 0 bridgehead atoms. The van der Waals surface area contributed by atoms with Gasteiger partial charge in [0.25, 0.3) is 0 Å². The predicted octanol–water partition coefficient (Wildman–Crippen LogP) is 1.91. The maximum absolute atomic E-state index is 9.94. The molecule has 2 nitrogen and oxygen atoms in total. The van der Waals surface area contributed by atoms with Crippen molar-refractivity contribution >= 4 is 11.3 Å². The summed E-state index contributed by atoms with van der Waals surface area (Å²) in [4.78, 5) is 0.990. The molecule has 0 saturated carbocycles. The summed E-state index contributed by atoms with van der Waals surface area (Å²) in [6, 6.07) is 2.00. The zero-order valence-electron chi connectivity index (χ0n) is 7.63. The number of hydrogen-bond acceptors (Lipinski definition) is 3. The molecule has 3 heteroatoms. The summed E-state index contributed by atoms with van der Waals surface area (Å²) in [5, 5.41) is 11.9. The first-order valence-electron chi connectivity index (χ1n) is 3.84. The monoisotopic (exact) mass is 186 g/mol. The molecule has 1 rings (SSSR count). The summed E-state index contributed by atoms with van der Waals surface area (Å²) >= 11 is 1.57. The maximum atomic E-state index is 9.94. The molecule has 1 atom stereocenters. The van der Waals surface area contributed by atoms with Gasteiger partial charge in [0.1, 0.15) is 5.60 Å². The lowest BCUT2D eigenvalue weighted by atomic mass is 10.0. The molecule has 1 aromatic rings. The Bertz CT molecular complexity index is 253. The number of rotatable bonds is 3. The second-order valence-corrected chi connectivity index (χ2v) is 4.06. The third-order valence-corrected chi connectivity index (χ3v) is 3.05. The average Bonchev–Trinajstić information content (AvgIpc) is 2.35. The highest BCUT2D eigenvalue weighted by atomic mass is 32.1. The molecule has 0 fully saturated rings. The van der Waals surface area contributed by atoms with Crippen LogP contribution in [0.25, 0.3) is 0 Å². The molecule has 12 heavy (non-hydrogen) atoms. The summed E-state index contributed by atoms with van der Waals surface area (Å²) < 4.78 is 4.94. The number of ether oxygens (including phenoxy) is 1. The van der Waals surface area contributed by atoms with Gasteiger partial charge < -0.3 is 9.84 Å². The number of aryl methyl sites for hydroxylation is 1. The fourth-order valence-corrected chi connectivity index (χ4v) is 2.25. The third kappa shape index (κ3) is 1.86. The minimum Gasteiger partial charge on any atom is -0.382 e. The topological polar surface area (TPSA) is 29.5 Å². The van der Waals surface area contributed by atoms with Crippen molar-refractivity contribution in [1.29, 1.82) is 0 Å². The first-order chi connectivity index (χ1) is 5.58. The van der Waals surface area contributed by atoms with E-state index >= 15 is 0 Å². The van der Waals surface area contributed by atoms with Gasteiger partial charge in [-0.15, -0.1) is 11.3 Å². The van der Waals surface area contributed by atoms with E-state index in [2.05, 4.69) is 0 Å². The van der Waals surface area contributed by atoms with Crippen molar-refractivity contribution in [3.05, 3.63) is 21.9 Å². The summed E-state index contributed by atoms with van der Waals surface area (Å²) in [7, 11) is 1.59. The van der Waals surface area contributed by atoms with Gasteiger partial charge in [0.05, 0.1) is 6.61 Å². The van der Waals surface area contributed by atoms with Crippen molar-refractivity contribution in [1.82, 2.24) is 0 Å². The van der Waals surface area contributed by atoms with Gasteiger partial charge in [-0.25, -0.2) is 0 Å². The Balaban J connectivity index is 2.88. The molecule has 0 amide bonds. The molecular weight excluding hydrogens is 172 g/mol. The van der Waals surface area contributed by atoms with E-state index in [1.54, 1.807) is 25.4 Å². The first kappa shape index (κ1) is 9.71. The molecule has 1 aromatic heterocycles. The molecule has 0 aliphatic rings. The standard InChI is InChI=1S/C9H14O2S/c1-7-4-5-12-8(7)9(2,10)6-11-3/h4-5,10H,6H2,1-3H3. The highest BCUT2D eigenvalue weighted by Gasteiger charge is 2.25. The highest BCUT2D eigenvalue weighted by Crippen LogP contribution is 2.28. The van der Waals surface area contributed by atoms with Gasteiger partial charge in [-0.3, -0.25) is 0 Å². The Kier molecular flexibility index (Phi) is 2.88. The van der Waals surface area contributed by atoms with Crippen molar-refractivity contribution in [3.8, 4) is 0 Å². The molecular formula is C9H14O2S. The average molecular weight is 186 g/mol. The minimum absolute atomic E-state index is 0.342. The predicted molar refractivity (Wildman–Crippen MR) is 50.5 cm³/mol. The van der Waals surface area contributed by atoms with Crippen molar-refractivity contribution in [2.24, 2.45) is 0 Å². The highest BCUT2D eigenvalue weighted by molar-refractivity contribution is 7.10. The van der Waals surface area contributed by atoms with E-state index in [4.69, 9.17) is 4.74 Å². The van der Waals surface area contributed by atoms with E-state index in [1.165, 1.54) is 0 Å². The van der Waals surface area contributed by atoms with E-state index in [0.717, 1.165) is 10.4 Å².